The minimum atomic E-state index is 0.249. The zero-order valence-corrected chi connectivity index (χ0v) is 11.1. The second-order valence-corrected chi connectivity index (χ2v) is 4.95. The Bertz CT molecular complexity index is 591. The van der Waals surface area contributed by atoms with Gasteiger partial charge in [-0.2, -0.15) is 0 Å². The van der Waals surface area contributed by atoms with Crippen molar-refractivity contribution < 1.29 is 9.90 Å². The summed E-state index contributed by atoms with van der Waals surface area (Å²) in [6, 6.07) is 11.2. The van der Waals surface area contributed by atoms with Gasteiger partial charge in [0.25, 0.3) is 0 Å². The molecule has 0 heterocycles. The van der Waals surface area contributed by atoms with E-state index in [1.54, 1.807) is 17.8 Å². The fourth-order valence-electron chi connectivity index (χ4n) is 1.79. The summed E-state index contributed by atoms with van der Waals surface area (Å²) in [6.45, 7) is 1.85. The first-order valence-corrected chi connectivity index (χ1v) is 6.81. The molecule has 0 bridgehead atoms. The van der Waals surface area contributed by atoms with E-state index < -0.39 is 0 Å². The van der Waals surface area contributed by atoms with Crippen LogP contribution in [0.5, 0.6) is 5.75 Å². The number of carbonyl (C=O) groups excluding carboxylic acids is 1. The predicted octanol–water partition coefficient (Wildman–Crippen LogP) is 3.90. The van der Waals surface area contributed by atoms with Crippen LogP contribution in [-0.2, 0) is 0 Å². The Labute approximate surface area is 111 Å². The van der Waals surface area contributed by atoms with Gasteiger partial charge in [-0.3, -0.25) is 4.79 Å². The third-order valence-electron chi connectivity index (χ3n) is 2.91. The van der Waals surface area contributed by atoms with Crippen molar-refractivity contribution in [2.75, 3.05) is 6.26 Å². The molecule has 0 atom stereocenters. The number of phenols is 1. The van der Waals surface area contributed by atoms with E-state index in [0.717, 1.165) is 27.9 Å². The Hall–Kier alpha value is -1.74. The molecular weight excluding hydrogens is 244 g/mol. The highest BCUT2D eigenvalue weighted by atomic mass is 32.2. The van der Waals surface area contributed by atoms with Crippen LogP contribution in [0.3, 0.4) is 0 Å². The number of phenolic OH excluding ortho intramolecular Hbond substituents is 1. The molecule has 0 unspecified atom stereocenters. The van der Waals surface area contributed by atoms with E-state index in [1.807, 2.05) is 43.5 Å². The molecule has 2 aromatic rings. The van der Waals surface area contributed by atoms with Gasteiger partial charge in [-0.1, -0.05) is 12.1 Å². The van der Waals surface area contributed by atoms with Crippen molar-refractivity contribution in [1.29, 1.82) is 0 Å². The molecule has 0 saturated carbocycles. The normalized spacial score (nSPS) is 10.3. The zero-order valence-electron chi connectivity index (χ0n) is 10.3. The molecule has 1 N–H and O–H groups in total. The largest absolute Gasteiger partial charge is 0.508 e. The van der Waals surface area contributed by atoms with Gasteiger partial charge in [0.2, 0.25) is 0 Å². The van der Waals surface area contributed by atoms with Crippen LogP contribution in [-0.4, -0.2) is 17.6 Å². The van der Waals surface area contributed by atoms with Gasteiger partial charge < -0.3 is 5.11 Å². The maximum absolute atomic E-state index is 11.1. The molecule has 2 nitrogen and oxygen atoms in total. The molecule has 0 aliphatic heterocycles. The monoisotopic (exact) mass is 258 g/mol. The number of aromatic hydroxyl groups is 1. The number of rotatable bonds is 3. The minimum absolute atomic E-state index is 0.249. The minimum Gasteiger partial charge on any atom is -0.508 e. The highest BCUT2D eigenvalue weighted by molar-refractivity contribution is 7.98. The van der Waals surface area contributed by atoms with Gasteiger partial charge in [0.1, 0.15) is 5.75 Å². The van der Waals surface area contributed by atoms with Gasteiger partial charge in [0.05, 0.1) is 0 Å². The van der Waals surface area contributed by atoms with Gasteiger partial charge in [-0.25, -0.2) is 0 Å². The molecule has 3 heteroatoms. The molecule has 92 valence electrons. The van der Waals surface area contributed by atoms with Gasteiger partial charge in [0, 0.05) is 10.5 Å². The van der Waals surface area contributed by atoms with E-state index >= 15 is 0 Å². The summed E-state index contributed by atoms with van der Waals surface area (Å²) in [5.41, 5.74) is 3.17. The number of thioether (sulfide) groups is 1. The molecule has 0 amide bonds. The van der Waals surface area contributed by atoms with Crippen LogP contribution in [0.2, 0.25) is 0 Å². The van der Waals surface area contributed by atoms with Crippen molar-refractivity contribution in [2.45, 2.75) is 11.8 Å². The molecule has 0 fully saturated rings. The van der Waals surface area contributed by atoms with Gasteiger partial charge in [-0.15, -0.1) is 11.8 Å². The Kier molecular flexibility index (Phi) is 3.72. The smallest absolute Gasteiger partial charge is 0.150 e. The average molecular weight is 258 g/mol. The lowest BCUT2D eigenvalue weighted by Gasteiger charge is -2.09. The summed E-state index contributed by atoms with van der Waals surface area (Å²) in [4.78, 5) is 12.2. The van der Waals surface area contributed by atoms with Crippen LogP contribution in [0.1, 0.15) is 15.9 Å². The fraction of sp³-hybridized carbons (Fsp3) is 0.133. The van der Waals surface area contributed by atoms with E-state index in [2.05, 4.69) is 0 Å². The topological polar surface area (TPSA) is 37.3 Å². The highest BCUT2D eigenvalue weighted by Gasteiger charge is 2.07. The molecule has 2 aromatic carbocycles. The second-order valence-electron chi connectivity index (χ2n) is 4.07. The van der Waals surface area contributed by atoms with Crippen molar-refractivity contribution >= 4 is 18.0 Å². The first-order valence-electron chi connectivity index (χ1n) is 5.59. The van der Waals surface area contributed by atoms with Gasteiger partial charge >= 0.3 is 0 Å². The van der Waals surface area contributed by atoms with Crippen molar-refractivity contribution in [2.24, 2.45) is 0 Å². The third-order valence-corrected chi connectivity index (χ3v) is 3.63. The van der Waals surface area contributed by atoms with Gasteiger partial charge in [-0.05, 0) is 54.1 Å². The quantitative estimate of drug-likeness (QED) is 0.670. The third kappa shape index (κ3) is 2.41. The van der Waals surface area contributed by atoms with Crippen molar-refractivity contribution in [3.8, 4) is 16.9 Å². The lowest BCUT2D eigenvalue weighted by molar-refractivity contribution is 0.112. The number of hydrogen-bond acceptors (Lipinski definition) is 3. The molecule has 0 aliphatic rings. The number of aldehydes is 1. The maximum atomic E-state index is 11.1. The highest BCUT2D eigenvalue weighted by Crippen LogP contribution is 2.30. The van der Waals surface area contributed by atoms with E-state index in [0.29, 0.717) is 5.56 Å². The summed E-state index contributed by atoms with van der Waals surface area (Å²) in [5.74, 6) is 0.249. The van der Waals surface area contributed by atoms with Crippen LogP contribution in [0, 0.1) is 6.92 Å². The lowest BCUT2D eigenvalue weighted by atomic mass is 9.99. The van der Waals surface area contributed by atoms with Crippen molar-refractivity contribution in [1.82, 2.24) is 0 Å². The summed E-state index contributed by atoms with van der Waals surface area (Å²) >= 11 is 1.63. The Morgan fingerprint density at radius 3 is 2.56 bits per heavy atom. The van der Waals surface area contributed by atoms with Crippen molar-refractivity contribution in [3.63, 3.8) is 0 Å². The molecule has 18 heavy (non-hydrogen) atoms. The molecule has 0 spiro atoms. The first kappa shape index (κ1) is 12.7. The lowest BCUT2D eigenvalue weighted by Crippen LogP contribution is -1.89. The molecule has 2 rings (SSSR count). The molecule has 0 saturated heterocycles. The predicted molar refractivity (Wildman–Crippen MR) is 75.4 cm³/mol. The van der Waals surface area contributed by atoms with E-state index in [4.69, 9.17) is 0 Å². The Balaban J connectivity index is 2.60. The standard InChI is InChI=1S/C15H14O2S/c1-10-3-4-11(7-15(10)17)14-8-13(18-2)6-5-12(14)9-16/h3-9,17H,1-2H3. The number of carbonyl (C=O) groups is 1. The number of benzene rings is 2. The zero-order chi connectivity index (χ0) is 13.1. The van der Waals surface area contributed by atoms with Crippen LogP contribution in [0.25, 0.3) is 11.1 Å². The molecular formula is C15H14O2S. The summed E-state index contributed by atoms with van der Waals surface area (Å²) in [7, 11) is 0. The average Bonchev–Trinajstić information content (AvgIpc) is 2.41. The SMILES string of the molecule is CSc1ccc(C=O)c(-c2ccc(C)c(O)c2)c1. The van der Waals surface area contributed by atoms with E-state index in [1.165, 1.54) is 0 Å². The fourth-order valence-corrected chi connectivity index (χ4v) is 2.23. The van der Waals surface area contributed by atoms with Crippen molar-refractivity contribution in [3.05, 3.63) is 47.5 Å². The summed E-state index contributed by atoms with van der Waals surface area (Å²) < 4.78 is 0. The van der Waals surface area contributed by atoms with E-state index in [9.17, 15) is 9.90 Å². The molecule has 0 aromatic heterocycles. The van der Waals surface area contributed by atoms with Crippen LogP contribution in [0.4, 0.5) is 0 Å². The molecule has 0 radical (unpaired) electrons. The van der Waals surface area contributed by atoms with Crippen LogP contribution < -0.4 is 0 Å². The van der Waals surface area contributed by atoms with Crippen LogP contribution in [0.15, 0.2) is 41.3 Å². The summed E-state index contributed by atoms with van der Waals surface area (Å²) in [6.07, 6.45) is 2.84. The number of hydrogen-bond donors (Lipinski definition) is 1. The maximum Gasteiger partial charge on any atom is 0.150 e. The van der Waals surface area contributed by atoms with Gasteiger partial charge in [0.15, 0.2) is 6.29 Å². The van der Waals surface area contributed by atoms with E-state index in [-0.39, 0.29) is 5.75 Å². The Morgan fingerprint density at radius 2 is 1.94 bits per heavy atom. The van der Waals surface area contributed by atoms with Crippen LogP contribution >= 0.6 is 11.8 Å². The first-order chi connectivity index (χ1) is 8.65. The molecule has 0 aliphatic carbocycles. The summed E-state index contributed by atoms with van der Waals surface area (Å²) in [5, 5.41) is 9.76. The Morgan fingerprint density at radius 1 is 1.17 bits per heavy atom. The second kappa shape index (κ2) is 5.27. The number of aryl methyl sites for hydroxylation is 1.